The molecule has 6 rings (SSSR count). The van der Waals surface area contributed by atoms with Gasteiger partial charge in [0, 0.05) is 112 Å². The van der Waals surface area contributed by atoms with Crippen molar-refractivity contribution in [2.45, 2.75) is 98.8 Å². The van der Waals surface area contributed by atoms with Gasteiger partial charge in [-0.25, -0.2) is 5.43 Å². The first-order chi connectivity index (χ1) is 28.3. The van der Waals surface area contributed by atoms with Gasteiger partial charge in [-0.15, -0.1) is 0 Å². The van der Waals surface area contributed by atoms with Gasteiger partial charge in [0.1, 0.15) is 17.5 Å². The van der Waals surface area contributed by atoms with Crippen LogP contribution >= 0.6 is 0 Å². The number of benzene rings is 2. The number of carbonyl (C=O) groups is 3. The van der Waals surface area contributed by atoms with Crippen molar-refractivity contribution < 1.29 is 70.6 Å². The molecular weight excluding hydrogens is 924 g/mol. The molecular formula is C46H57LuN6O7-. The second-order valence-electron chi connectivity index (χ2n) is 16.6. The minimum Gasteiger partial charge on any atom is -0.652 e. The zero-order valence-corrected chi connectivity index (χ0v) is 37.1. The summed E-state index contributed by atoms with van der Waals surface area (Å²) in [7, 11) is 1.67. The number of aryl methyl sites for hydroxylation is 1. The van der Waals surface area contributed by atoms with Gasteiger partial charge in [-0.3, -0.25) is 24.4 Å². The Bertz CT molecular complexity index is 2220. The molecule has 3 amide bonds. The number of carbonyl (C=O) groups excluding carboxylic acids is 4. The molecule has 4 heterocycles. The summed E-state index contributed by atoms with van der Waals surface area (Å²) >= 11 is 0. The number of amides is 3. The Kier molecular flexibility index (Phi) is 16.4. The average Bonchev–Trinajstić information content (AvgIpc) is 3.52. The summed E-state index contributed by atoms with van der Waals surface area (Å²) in [6.07, 6.45) is 8.00. The molecule has 0 aliphatic carbocycles. The first kappa shape index (κ1) is 46.8. The minimum atomic E-state index is -0.985. The summed E-state index contributed by atoms with van der Waals surface area (Å²) in [6, 6.07) is 12.5. The fourth-order valence-corrected chi connectivity index (χ4v) is 8.44. The summed E-state index contributed by atoms with van der Waals surface area (Å²) in [5, 5.41) is 16.8. The zero-order valence-electron chi connectivity index (χ0n) is 35.4. The van der Waals surface area contributed by atoms with Crippen molar-refractivity contribution in [3.05, 3.63) is 82.8 Å². The van der Waals surface area contributed by atoms with Gasteiger partial charge < -0.3 is 34.2 Å². The Morgan fingerprint density at radius 3 is 2.52 bits per heavy atom. The number of nitrogens with zero attached hydrogens (tertiary/aromatic N) is 4. The maximum absolute atomic E-state index is 14.2. The van der Waals surface area contributed by atoms with E-state index in [1.807, 2.05) is 24.4 Å². The van der Waals surface area contributed by atoms with Crippen molar-refractivity contribution in [2.24, 2.45) is 5.41 Å². The SMILES string of the molecule is CCn1c(-c2cnccc2COC)c(CC(C)(C)CO[C-]=O)c2cc(-c3cc(O)cc(C[C@H](NC(=O)C(=C(C)C)N4CCCCC4=O)C(=O)N4CCCCN4)c3)ccc21.[Lu]. The smallest absolute Gasteiger partial charge is 0.268 e. The van der Waals surface area contributed by atoms with Gasteiger partial charge in [-0.05, 0) is 122 Å². The van der Waals surface area contributed by atoms with E-state index in [0.29, 0.717) is 56.8 Å². The van der Waals surface area contributed by atoms with Gasteiger partial charge in [0.25, 0.3) is 11.8 Å². The summed E-state index contributed by atoms with van der Waals surface area (Å²) in [4.78, 5) is 58.4. The predicted octanol–water partition coefficient (Wildman–Crippen LogP) is 6.36. The van der Waals surface area contributed by atoms with Crippen molar-refractivity contribution in [2.75, 3.05) is 33.4 Å². The van der Waals surface area contributed by atoms with E-state index in [2.05, 4.69) is 53.2 Å². The largest absolute Gasteiger partial charge is 0.652 e. The van der Waals surface area contributed by atoms with E-state index in [1.165, 1.54) is 0 Å². The number of allylic oxidation sites excluding steroid dienone is 1. The molecule has 2 fully saturated rings. The van der Waals surface area contributed by atoms with Gasteiger partial charge in [0.15, 0.2) is 0 Å². The molecule has 14 heteroatoms. The first-order valence-corrected chi connectivity index (χ1v) is 20.6. The number of pyridine rings is 1. The van der Waals surface area contributed by atoms with Crippen LogP contribution in [0.3, 0.4) is 0 Å². The maximum atomic E-state index is 14.2. The molecule has 1 atom stereocenters. The summed E-state index contributed by atoms with van der Waals surface area (Å²) < 4.78 is 13.0. The molecule has 2 aliphatic heterocycles. The molecule has 0 unspecified atom stereocenters. The van der Waals surface area contributed by atoms with Crippen LogP contribution in [-0.4, -0.2) is 88.2 Å². The number of likely N-dealkylation sites (tertiary alicyclic amines) is 1. The Morgan fingerprint density at radius 1 is 1.05 bits per heavy atom. The van der Waals surface area contributed by atoms with Crippen molar-refractivity contribution in [1.82, 2.24) is 30.2 Å². The second kappa shape index (κ2) is 21.0. The average molecular weight is 981 g/mol. The third kappa shape index (κ3) is 10.8. The molecule has 2 aromatic heterocycles. The van der Waals surface area contributed by atoms with E-state index >= 15 is 0 Å². The quantitative estimate of drug-likeness (QED) is 0.0861. The van der Waals surface area contributed by atoms with Gasteiger partial charge in [-0.2, -0.15) is 0 Å². The van der Waals surface area contributed by atoms with Gasteiger partial charge in [-0.1, -0.05) is 32.5 Å². The van der Waals surface area contributed by atoms with Crippen LogP contribution < -0.4 is 10.7 Å². The van der Waals surface area contributed by atoms with Gasteiger partial charge in [0.2, 0.25) is 5.91 Å². The fraction of sp³-hybridized carbons (Fsp3) is 0.457. The Morgan fingerprint density at radius 2 is 1.83 bits per heavy atom. The van der Waals surface area contributed by atoms with Crippen molar-refractivity contribution in [1.29, 1.82) is 0 Å². The monoisotopic (exact) mass is 980 g/mol. The molecule has 2 aliphatic rings. The third-order valence-corrected chi connectivity index (χ3v) is 11.1. The number of phenolic OH excluding ortho intramolecular Hbond substituents is 1. The number of phenols is 1. The van der Waals surface area contributed by atoms with Crippen LogP contribution in [0.1, 0.15) is 83.4 Å². The van der Waals surface area contributed by atoms with Crippen LogP contribution in [0.15, 0.2) is 66.1 Å². The van der Waals surface area contributed by atoms with Crippen LogP contribution in [0.5, 0.6) is 5.75 Å². The molecule has 1 radical (unpaired) electrons. The number of hydrogen-bond acceptors (Lipinski definition) is 9. The number of aromatic hydroxyl groups is 1. The molecule has 2 aromatic carbocycles. The van der Waals surface area contributed by atoms with E-state index < -0.39 is 17.4 Å². The predicted molar refractivity (Wildman–Crippen MR) is 226 cm³/mol. The van der Waals surface area contributed by atoms with Crippen LogP contribution in [0.25, 0.3) is 33.3 Å². The van der Waals surface area contributed by atoms with E-state index in [1.54, 1.807) is 55.7 Å². The molecule has 0 saturated carbocycles. The zero-order chi connectivity index (χ0) is 42.3. The van der Waals surface area contributed by atoms with Crippen LogP contribution in [-0.2, 0) is 54.6 Å². The second-order valence-corrected chi connectivity index (χ2v) is 16.6. The number of hydrogen-bond donors (Lipinski definition) is 3. The van der Waals surface area contributed by atoms with Crippen LogP contribution in [0.4, 0.5) is 0 Å². The topological polar surface area (TPSA) is 155 Å². The number of piperidine rings is 1. The Balaban J connectivity index is 0.00000683. The molecule has 4 aromatic rings. The molecule has 60 heavy (non-hydrogen) atoms. The summed E-state index contributed by atoms with van der Waals surface area (Å²) in [5.74, 6) is -0.853. The van der Waals surface area contributed by atoms with Crippen LogP contribution in [0, 0.1) is 42.3 Å². The molecule has 0 spiro atoms. The summed E-state index contributed by atoms with van der Waals surface area (Å²) in [6.45, 7) is 14.2. The molecule has 13 nitrogen and oxygen atoms in total. The molecule has 329 valence electrons. The standard InChI is InChI=1S/C46H57N6O7.Lu/c1-7-50-40-14-13-32(24-36(40)37(25-46(4,5)28-59-29-53)43(50)38-26-47-17-15-33(38)27-58-6)34-20-31(21-35(54)23-34)22-39(45(57)52-19-11-9-16-48-52)49-44(56)42(30(2)3)51-18-10-8-12-41(51)55;/h13-15,17,20-21,23-24,26,39,48,54H,7-12,16,18-19,22,25,27-28H2,1-6H3,(H,49,56);/q-1;/t39-;/m0./s1. The van der Waals surface area contributed by atoms with Crippen LogP contribution in [0.2, 0.25) is 0 Å². The number of fused-ring (bicyclic) bond motifs is 1. The molecule has 0 bridgehead atoms. The Labute approximate surface area is 382 Å². The Hall–Kier alpha value is -4.30. The van der Waals surface area contributed by atoms with E-state index in [4.69, 9.17) is 9.47 Å². The van der Waals surface area contributed by atoms with Gasteiger partial charge >= 0.3 is 0 Å². The maximum Gasteiger partial charge on any atom is 0.268 e. The fourth-order valence-electron chi connectivity index (χ4n) is 8.44. The van der Waals surface area contributed by atoms with E-state index in [9.17, 15) is 24.3 Å². The number of hydrazine groups is 1. The molecule has 3 N–H and O–H groups in total. The van der Waals surface area contributed by atoms with Crippen molar-refractivity contribution in [3.63, 3.8) is 0 Å². The minimum absolute atomic E-state index is 0. The first-order valence-electron chi connectivity index (χ1n) is 20.6. The van der Waals surface area contributed by atoms with E-state index in [0.717, 1.165) is 70.1 Å². The number of aromatic nitrogens is 2. The van der Waals surface area contributed by atoms with Gasteiger partial charge in [0.05, 0.1) is 18.9 Å². The van der Waals surface area contributed by atoms with Crippen molar-refractivity contribution in [3.8, 4) is 28.1 Å². The number of nitrogens with one attached hydrogen (secondary N) is 2. The number of ether oxygens (including phenoxy) is 2. The number of rotatable bonds is 16. The van der Waals surface area contributed by atoms with Crippen molar-refractivity contribution >= 4 is 35.1 Å². The summed E-state index contributed by atoms with van der Waals surface area (Å²) in [5.41, 5.74) is 10.9. The molecule has 2 saturated heterocycles. The third-order valence-electron chi connectivity index (χ3n) is 11.1. The number of methoxy groups -OCH3 is 1. The normalized spacial score (nSPS) is 15.0. The van der Waals surface area contributed by atoms with E-state index in [-0.39, 0.29) is 73.2 Å².